The Kier molecular flexibility index (Phi) is 4.75. The zero-order valence-corrected chi connectivity index (χ0v) is 10.1. The maximum atomic E-state index is 11.7. The number of carbonyl (C=O) groups excluding carboxylic acids is 1. The maximum Gasteiger partial charge on any atom is 0.221 e. The van der Waals surface area contributed by atoms with Gasteiger partial charge in [-0.15, -0.1) is 0 Å². The van der Waals surface area contributed by atoms with Crippen LogP contribution < -0.4 is 5.32 Å². The van der Waals surface area contributed by atoms with Gasteiger partial charge in [0.2, 0.25) is 5.91 Å². The van der Waals surface area contributed by atoms with Gasteiger partial charge in [-0.05, 0) is 39.0 Å². The number of hydrogen-bond donors (Lipinski definition) is 1. The highest BCUT2D eigenvalue weighted by atomic mass is 16.5. The second-order valence-electron chi connectivity index (χ2n) is 4.53. The maximum absolute atomic E-state index is 11.7. The van der Waals surface area contributed by atoms with E-state index in [1.165, 1.54) is 0 Å². The number of carbonyl (C=O) groups is 1. The van der Waals surface area contributed by atoms with E-state index in [2.05, 4.69) is 11.4 Å². The average molecular weight is 224 g/mol. The van der Waals surface area contributed by atoms with Crippen molar-refractivity contribution in [1.82, 2.24) is 5.32 Å². The third-order valence-electron chi connectivity index (χ3n) is 3.23. The van der Waals surface area contributed by atoms with E-state index in [0.29, 0.717) is 12.8 Å². The van der Waals surface area contributed by atoms with Crippen LogP contribution in [0.4, 0.5) is 0 Å². The number of methoxy groups -OCH3 is 1. The van der Waals surface area contributed by atoms with Crippen LogP contribution in [-0.2, 0) is 9.53 Å². The molecule has 0 aromatic heterocycles. The Morgan fingerprint density at radius 3 is 2.69 bits per heavy atom. The van der Waals surface area contributed by atoms with Crippen molar-refractivity contribution in [3.05, 3.63) is 0 Å². The predicted octanol–water partition coefficient (Wildman–Crippen LogP) is 1.75. The molecule has 1 rings (SSSR count). The molecule has 16 heavy (non-hydrogen) atoms. The summed E-state index contributed by atoms with van der Waals surface area (Å²) < 4.78 is 5.08. The van der Waals surface area contributed by atoms with Crippen LogP contribution in [0.25, 0.3) is 0 Å². The zero-order valence-electron chi connectivity index (χ0n) is 10.1. The Labute approximate surface area is 97.0 Å². The molecule has 1 saturated carbocycles. The van der Waals surface area contributed by atoms with Gasteiger partial charge in [0.25, 0.3) is 0 Å². The van der Waals surface area contributed by atoms with Crippen LogP contribution in [0, 0.1) is 11.3 Å². The van der Waals surface area contributed by atoms with Crippen molar-refractivity contribution in [1.29, 1.82) is 5.26 Å². The topological polar surface area (TPSA) is 62.1 Å². The minimum absolute atomic E-state index is 0.0349. The van der Waals surface area contributed by atoms with Crippen molar-refractivity contribution >= 4 is 5.91 Å². The van der Waals surface area contributed by atoms with Gasteiger partial charge in [-0.3, -0.25) is 4.79 Å². The molecule has 1 aliphatic rings. The standard InChI is InChI=1S/C12H20N2O2/c1-10(16-2)5-6-11(15)14-12(9-13)7-3-4-8-12/h10H,3-8H2,1-2H3,(H,14,15). The molecular weight excluding hydrogens is 204 g/mol. The first-order chi connectivity index (χ1) is 7.62. The highest BCUT2D eigenvalue weighted by Gasteiger charge is 2.35. The summed E-state index contributed by atoms with van der Waals surface area (Å²) in [4.78, 5) is 11.7. The van der Waals surface area contributed by atoms with E-state index in [1.807, 2.05) is 6.92 Å². The molecule has 0 heterocycles. The fraction of sp³-hybridized carbons (Fsp3) is 0.833. The first kappa shape index (κ1) is 13.0. The summed E-state index contributed by atoms with van der Waals surface area (Å²) in [6.07, 6.45) is 4.85. The second kappa shape index (κ2) is 5.86. The van der Waals surface area contributed by atoms with E-state index in [9.17, 15) is 4.79 Å². The van der Waals surface area contributed by atoms with Crippen LogP contribution >= 0.6 is 0 Å². The van der Waals surface area contributed by atoms with Crippen LogP contribution in [0.3, 0.4) is 0 Å². The summed E-state index contributed by atoms with van der Waals surface area (Å²) in [5.41, 5.74) is -0.590. The highest BCUT2D eigenvalue weighted by Crippen LogP contribution is 2.28. The molecule has 90 valence electrons. The van der Waals surface area contributed by atoms with E-state index in [1.54, 1.807) is 7.11 Å². The summed E-state index contributed by atoms with van der Waals surface area (Å²) in [6.45, 7) is 1.93. The lowest BCUT2D eigenvalue weighted by Crippen LogP contribution is -2.45. The molecule has 1 atom stereocenters. The van der Waals surface area contributed by atoms with E-state index in [0.717, 1.165) is 25.7 Å². The van der Waals surface area contributed by atoms with Gasteiger partial charge in [0.05, 0.1) is 12.2 Å². The molecule has 1 amide bonds. The Morgan fingerprint density at radius 2 is 2.19 bits per heavy atom. The molecule has 0 aliphatic heterocycles. The number of amides is 1. The quantitative estimate of drug-likeness (QED) is 0.774. The summed E-state index contributed by atoms with van der Waals surface area (Å²) >= 11 is 0. The molecule has 1 N–H and O–H groups in total. The van der Waals surface area contributed by atoms with Gasteiger partial charge in [0, 0.05) is 13.5 Å². The first-order valence-corrected chi connectivity index (χ1v) is 5.87. The molecule has 1 fully saturated rings. The number of nitrogens with zero attached hydrogens (tertiary/aromatic N) is 1. The van der Waals surface area contributed by atoms with Crippen molar-refractivity contribution in [3.8, 4) is 6.07 Å². The predicted molar refractivity (Wildman–Crippen MR) is 60.7 cm³/mol. The Morgan fingerprint density at radius 1 is 1.56 bits per heavy atom. The highest BCUT2D eigenvalue weighted by molar-refractivity contribution is 5.77. The molecule has 0 radical (unpaired) electrons. The smallest absolute Gasteiger partial charge is 0.221 e. The number of ether oxygens (including phenoxy) is 1. The molecule has 1 unspecified atom stereocenters. The molecule has 0 spiro atoms. The molecule has 0 aromatic carbocycles. The van der Waals surface area contributed by atoms with Crippen molar-refractivity contribution in [3.63, 3.8) is 0 Å². The lowest BCUT2D eigenvalue weighted by molar-refractivity contribution is -0.123. The van der Waals surface area contributed by atoms with E-state index < -0.39 is 5.54 Å². The summed E-state index contributed by atoms with van der Waals surface area (Å²) in [6, 6.07) is 2.25. The molecule has 4 heteroatoms. The number of hydrogen-bond acceptors (Lipinski definition) is 3. The first-order valence-electron chi connectivity index (χ1n) is 5.87. The van der Waals surface area contributed by atoms with Gasteiger partial charge in [0.15, 0.2) is 0 Å². The summed E-state index contributed by atoms with van der Waals surface area (Å²) in [5.74, 6) is -0.0349. The third-order valence-corrected chi connectivity index (χ3v) is 3.23. The Hall–Kier alpha value is -1.08. The number of nitriles is 1. The fourth-order valence-corrected chi connectivity index (χ4v) is 2.02. The third kappa shape index (κ3) is 3.49. The Bertz CT molecular complexity index is 277. The van der Waals surface area contributed by atoms with Gasteiger partial charge >= 0.3 is 0 Å². The van der Waals surface area contributed by atoms with Crippen molar-refractivity contribution in [2.75, 3.05) is 7.11 Å². The SMILES string of the molecule is COC(C)CCC(=O)NC1(C#N)CCCC1. The molecule has 0 saturated heterocycles. The average Bonchev–Trinajstić information content (AvgIpc) is 2.75. The number of nitrogens with one attached hydrogen (secondary N) is 1. The second-order valence-corrected chi connectivity index (χ2v) is 4.53. The molecule has 0 aromatic rings. The lowest BCUT2D eigenvalue weighted by Gasteiger charge is -2.22. The summed E-state index contributed by atoms with van der Waals surface area (Å²) in [7, 11) is 1.64. The molecule has 4 nitrogen and oxygen atoms in total. The zero-order chi connectivity index (χ0) is 12.0. The minimum Gasteiger partial charge on any atom is -0.382 e. The van der Waals surface area contributed by atoms with Crippen LogP contribution in [-0.4, -0.2) is 24.7 Å². The van der Waals surface area contributed by atoms with Gasteiger partial charge in [-0.1, -0.05) is 0 Å². The van der Waals surface area contributed by atoms with Crippen molar-refractivity contribution in [2.45, 2.75) is 57.1 Å². The molecular formula is C12H20N2O2. The van der Waals surface area contributed by atoms with Crippen LogP contribution in [0.15, 0.2) is 0 Å². The number of rotatable bonds is 5. The van der Waals surface area contributed by atoms with Crippen molar-refractivity contribution in [2.24, 2.45) is 0 Å². The monoisotopic (exact) mass is 224 g/mol. The van der Waals surface area contributed by atoms with Gasteiger partial charge in [0.1, 0.15) is 5.54 Å². The van der Waals surface area contributed by atoms with Gasteiger partial charge in [-0.2, -0.15) is 5.26 Å². The fourth-order valence-electron chi connectivity index (χ4n) is 2.02. The van der Waals surface area contributed by atoms with Gasteiger partial charge < -0.3 is 10.1 Å². The van der Waals surface area contributed by atoms with Crippen LogP contribution in [0.2, 0.25) is 0 Å². The minimum atomic E-state index is -0.590. The van der Waals surface area contributed by atoms with Gasteiger partial charge in [-0.25, -0.2) is 0 Å². The van der Waals surface area contributed by atoms with E-state index >= 15 is 0 Å². The van der Waals surface area contributed by atoms with E-state index in [4.69, 9.17) is 10.00 Å². The summed E-state index contributed by atoms with van der Waals surface area (Å²) in [5, 5.41) is 12.0. The van der Waals surface area contributed by atoms with Crippen molar-refractivity contribution < 1.29 is 9.53 Å². The largest absolute Gasteiger partial charge is 0.382 e. The molecule has 1 aliphatic carbocycles. The van der Waals surface area contributed by atoms with Crippen LogP contribution in [0.5, 0.6) is 0 Å². The Balaban J connectivity index is 2.36. The molecule has 0 bridgehead atoms. The van der Waals surface area contributed by atoms with E-state index in [-0.39, 0.29) is 12.0 Å². The normalized spacial score (nSPS) is 20.1. The van der Waals surface area contributed by atoms with Crippen LogP contribution in [0.1, 0.15) is 45.4 Å². The lowest BCUT2D eigenvalue weighted by atomic mass is 9.99.